The van der Waals surface area contributed by atoms with Gasteiger partial charge >= 0.3 is 5.97 Å². The second-order valence-electron chi connectivity index (χ2n) is 5.68. The molecule has 0 bridgehead atoms. The summed E-state index contributed by atoms with van der Waals surface area (Å²) in [6, 6.07) is 12.9. The van der Waals surface area contributed by atoms with Gasteiger partial charge in [-0.3, -0.25) is 0 Å². The summed E-state index contributed by atoms with van der Waals surface area (Å²) < 4.78 is 7.12. The van der Waals surface area contributed by atoms with E-state index in [1.165, 1.54) is 4.80 Å². The number of benzene rings is 1. The maximum Gasteiger partial charge on any atom is 0.361 e. The number of ether oxygens (including phenoxy) is 1. The smallest absolute Gasteiger partial charge is 0.361 e. The van der Waals surface area contributed by atoms with Crippen LogP contribution in [0.1, 0.15) is 21.9 Å². The van der Waals surface area contributed by atoms with Crippen LogP contribution in [0.5, 0.6) is 0 Å². The van der Waals surface area contributed by atoms with Gasteiger partial charge in [-0.1, -0.05) is 29.8 Å². The van der Waals surface area contributed by atoms with Crippen LogP contribution in [0.2, 0.25) is 5.02 Å². The average molecular weight is 368 g/mol. The van der Waals surface area contributed by atoms with E-state index in [0.717, 1.165) is 11.3 Å². The molecule has 0 aliphatic heterocycles. The first-order valence-corrected chi connectivity index (χ1v) is 8.27. The van der Waals surface area contributed by atoms with Gasteiger partial charge in [-0.25, -0.2) is 9.78 Å². The van der Waals surface area contributed by atoms with E-state index in [2.05, 4.69) is 15.2 Å². The van der Waals surface area contributed by atoms with E-state index in [1.54, 1.807) is 35.9 Å². The number of fused-ring (bicyclic) bond motifs is 1. The molecule has 0 saturated carbocycles. The Morgan fingerprint density at radius 3 is 2.73 bits per heavy atom. The predicted molar refractivity (Wildman–Crippen MR) is 95.4 cm³/mol. The van der Waals surface area contributed by atoms with Crippen molar-refractivity contribution in [1.29, 1.82) is 0 Å². The number of carbonyl (C=O) groups excluding carboxylic acids is 1. The maximum atomic E-state index is 12.4. The van der Waals surface area contributed by atoms with Gasteiger partial charge in [0, 0.05) is 12.4 Å². The summed E-state index contributed by atoms with van der Waals surface area (Å²) in [5, 5.41) is 9.11. The summed E-state index contributed by atoms with van der Waals surface area (Å²) >= 11 is 5.95. The number of aryl methyl sites for hydroxylation is 1. The molecule has 1 aromatic carbocycles. The molecule has 0 spiro atoms. The van der Waals surface area contributed by atoms with Crippen LogP contribution in [0, 0.1) is 6.92 Å². The largest absolute Gasteiger partial charge is 0.454 e. The second kappa shape index (κ2) is 6.61. The first-order chi connectivity index (χ1) is 12.6. The Balaban J connectivity index is 1.50. The average Bonchev–Trinajstić information content (AvgIpc) is 3.23. The summed E-state index contributed by atoms with van der Waals surface area (Å²) in [5.74, 6) is -0.542. The van der Waals surface area contributed by atoms with Crippen molar-refractivity contribution in [1.82, 2.24) is 24.4 Å². The van der Waals surface area contributed by atoms with E-state index in [1.807, 2.05) is 30.3 Å². The van der Waals surface area contributed by atoms with Crippen molar-refractivity contribution < 1.29 is 9.53 Å². The number of halogens is 1. The highest BCUT2D eigenvalue weighted by Crippen LogP contribution is 2.14. The number of para-hydroxylation sites is 1. The second-order valence-corrected chi connectivity index (χ2v) is 6.12. The zero-order valence-corrected chi connectivity index (χ0v) is 14.6. The molecule has 7 nitrogen and oxygen atoms in total. The summed E-state index contributed by atoms with van der Waals surface area (Å²) in [6.45, 7) is 1.76. The molecular weight excluding hydrogens is 354 g/mol. The van der Waals surface area contributed by atoms with E-state index in [4.69, 9.17) is 16.3 Å². The Morgan fingerprint density at radius 2 is 1.92 bits per heavy atom. The number of hydrogen-bond acceptors (Lipinski definition) is 5. The molecule has 26 heavy (non-hydrogen) atoms. The summed E-state index contributed by atoms with van der Waals surface area (Å²) in [7, 11) is 0. The summed E-state index contributed by atoms with van der Waals surface area (Å²) in [6.07, 6.45) is 3.51. The zero-order valence-electron chi connectivity index (χ0n) is 13.8. The van der Waals surface area contributed by atoms with E-state index in [0.29, 0.717) is 16.4 Å². The Labute approximate surface area is 153 Å². The molecule has 0 atom stereocenters. The van der Waals surface area contributed by atoms with Crippen LogP contribution in [-0.2, 0) is 11.3 Å². The van der Waals surface area contributed by atoms with Gasteiger partial charge in [0.05, 0.1) is 22.1 Å². The molecule has 0 fully saturated rings. The third kappa shape index (κ3) is 3.16. The third-order valence-corrected chi connectivity index (χ3v) is 4.00. The minimum absolute atomic E-state index is 0.0375. The standard InChI is InChI=1S/C18H14ClN5O2/c1-12-17(22-24(21-12)15-5-3-2-4-6-15)18(25)26-11-14-10-23-9-13(19)7-8-16(23)20-14/h2-10H,11H2,1H3. The van der Waals surface area contributed by atoms with Crippen molar-refractivity contribution in [2.45, 2.75) is 13.5 Å². The molecule has 0 aliphatic carbocycles. The van der Waals surface area contributed by atoms with Crippen molar-refractivity contribution in [3.63, 3.8) is 0 Å². The molecule has 0 radical (unpaired) electrons. The lowest BCUT2D eigenvalue weighted by Gasteiger charge is -2.00. The van der Waals surface area contributed by atoms with E-state index < -0.39 is 5.97 Å². The highest BCUT2D eigenvalue weighted by atomic mass is 35.5. The number of rotatable bonds is 4. The van der Waals surface area contributed by atoms with Crippen LogP contribution in [0.4, 0.5) is 0 Å². The maximum absolute atomic E-state index is 12.4. The zero-order chi connectivity index (χ0) is 18.1. The Kier molecular flexibility index (Phi) is 4.14. The Morgan fingerprint density at radius 1 is 1.12 bits per heavy atom. The van der Waals surface area contributed by atoms with Crippen LogP contribution >= 0.6 is 11.6 Å². The SMILES string of the molecule is Cc1nn(-c2ccccc2)nc1C(=O)OCc1cn2cc(Cl)ccc2n1. The Bertz CT molecular complexity index is 1090. The first-order valence-electron chi connectivity index (χ1n) is 7.90. The van der Waals surface area contributed by atoms with Gasteiger partial charge in [0.25, 0.3) is 0 Å². The van der Waals surface area contributed by atoms with Gasteiger partial charge in [-0.2, -0.15) is 9.90 Å². The minimum atomic E-state index is -0.542. The quantitative estimate of drug-likeness (QED) is 0.518. The molecule has 3 aromatic heterocycles. The number of carbonyl (C=O) groups is 1. The summed E-state index contributed by atoms with van der Waals surface area (Å²) in [5.41, 5.74) is 2.80. The highest BCUT2D eigenvalue weighted by Gasteiger charge is 2.18. The van der Waals surface area contributed by atoms with Gasteiger partial charge < -0.3 is 9.14 Å². The van der Waals surface area contributed by atoms with Crippen molar-refractivity contribution in [2.24, 2.45) is 0 Å². The van der Waals surface area contributed by atoms with E-state index in [-0.39, 0.29) is 12.3 Å². The molecule has 0 amide bonds. The normalized spacial score (nSPS) is 11.0. The van der Waals surface area contributed by atoms with Crippen molar-refractivity contribution in [3.05, 3.63) is 77.0 Å². The van der Waals surface area contributed by atoms with Gasteiger partial charge in [0.15, 0.2) is 5.69 Å². The number of aromatic nitrogens is 5. The number of imidazole rings is 1. The fourth-order valence-corrected chi connectivity index (χ4v) is 2.71. The lowest BCUT2D eigenvalue weighted by molar-refractivity contribution is 0.0460. The third-order valence-electron chi connectivity index (χ3n) is 3.78. The summed E-state index contributed by atoms with van der Waals surface area (Å²) in [4.78, 5) is 18.2. The molecule has 4 rings (SSSR count). The Hall–Kier alpha value is -3.19. The van der Waals surface area contributed by atoms with Crippen molar-refractivity contribution in [3.8, 4) is 5.69 Å². The lowest BCUT2D eigenvalue weighted by atomic mass is 10.3. The van der Waals surface area contributed by atoms with Gasteiger partial charge in [0.1, 0.15) is 12.3 Å². The fraction of sp³-hybridized carbons (Fsp3) is 0.111. The lowest BCUT2D eigenvalue weighted by Crippen LogP contribution is -2.08. The number of esters is 1. The van der Waals surface area contributed by atoms with E-state index >= 15 is 0 Å². The fourth-order valence-electron chi connectivity index (χ4n) is 2.54. The minimum Gasteiger partial charge on any atom is -0.454 e. The molecule has 3 heterocycles. The molecule has 130 valence electrons. The molecular formula is C18H14ClN5O2. The molecule has 0 unspecified atom stereocenters. The highest BCUT2D eigenvalue weighted by molar-refractivity contribution is 6.30. The first kappa shape index (κ1) is 16.3. The van der Waals surface area contributed by atoms with Gasteiger partial charge in [0.2, 0.25) is 0 Å². The van der Waals surface area contributed by atoms with Crippen LogP contribution in [-0.4, -0.2) is 30.3 Å². The van der Waals surface area contributed by atoms with Gasteiger partial charge in [-0.15, -0.1) is 5.10 Å². The predicted octanol–water partition coefficient (Wildman–Crippen LogP) is 3.23. The van der Waals surface area contributed by atoms with Gasteiger partial charge in [-0.05, 0) is 31.2 Å². The number of nitrogens with zero attached hydrogens (tertiary/aromatic N) is 5. The van der Waals surface area contributed by atoms with Crippen LogP contribution in [0.25, 0.3) is 11.3 Å². The van der Waals surface area contributed by atoms with Crippen LogP contribution in [0.3, 0.4) is 0 Å². The topological polar surface area (TPSA) is 74.3 Å². The number of pyridine rings is 1. The number of hydrogen-bond donors (Lipinski definition) is 0. The van der Waals surface area contributed by atoms with E-state index in [9.17, 15) is 4.79 Å². The van der Waals surface area contributed by atoms with Crippen LogP contribution < -0.4 is 0 Å². The molecule has 8 heteroatoms. The molecule has 0 aliphatic rings. The van der Waals surface area contributed by atoms with Crippen molar-refractivity contribution in [2.75, 3.05) is 0 Å². The molecule has 0 saturated heterocycles. The van der Waals surface area contributed by atoms with Crippen LogP contribution in [0.15, 0.2) is 54.9 Å². The van der Waals surface area contributed by atoms with Crippen molar-refractivity contribution >= 4 is 23.2 Å². The molecule has 0 N–H and O–H groups in total. The molecule has 4 aromatic rings. The monoisotopic (exact) mass is 367 g/mol.